The van der Waals surface area contributed by atoms with Crippen LogP contribution in [0, 0.1) is 6.92 Å². The van der Waals surface area contributed by atoms with Gasteiger partial charge in [-0.25, -0.2) is 15.0 Å². The first-order valence-corrected chi connectivity index (χ1v) is 7.42. The average molecular weight is 301 g/mol. The molecule has 0 saturated heterocycles. The highest BCUT2D eigenvalue weighted by molar-refractivity contribution is 6.32. The van der Waals surface area contributed by atoms with Crippen molar-refractivity contribution in [2.24, 2.45) is 4.99 Å². The number of fused-ring (bicyclic) bond motifs is 2. The van der Waals surface area contributed by atoms with Crippen LogP contribution in [0.1, 0.15) is 30.9 Å². The molecule has 0 fully saturated rings. The molecule has 5 heteroatoms. The number of aryl methyl sites for hydroxylation is 1. The van der Waals surface area contributed by atoms with E-state index in [2.05, 4.69) is 42.0 Å². The highest BCUT2D eigenvalue weighted by Gasteiger charge is 2.23. The molecule has 0 radical (unpaired) electrons. The van der Waals surface area contributed by atoms with E-state index in [0.29, 0.717) is 10.8 Å². The second kappa shape index (κ2) is 5.45. The van der Waals surface area contributed by atoms with Gasteiger partial charge in [0.15, 0.2) is 11.0 Å². The topological polar surface area (TPSA) is 41.4 Å². The van der Waals surface area contributed by atoms with Crippen molar-refractivity contribution in [1.82, 2.24) is 9.97 Å². The SMILES string of the molecule is CCCC1=Nc2c(Cl)ncnc2N(C)c2ccc(C)cc21. The Morgan fingerprint density at radius 2 is 2.05 bits per heavy atom. The van der Waals surface area contributed by atoms with Crippen LogP contribution in [0.25, 0.3) is 0 Å². The molecule has 3 rings (SSSR count). The number of benzene rings is 1. The maximum atomic E-state index is 6.23. The molecule has 0 spiro atoms. The van der Waals surface area contributed by atoms with Gasteiger partial charge in [0.1, 0.15) is 12.0 Å². The van der Waals surface area contributed by atoms with Gasteiger partial charge >= 0.3 is 0 Å². The highest BCUT2D eigenvalue weighted by atomic mass is 35.5. The minimum Gasteiger partial charge on any atom is -0.327 e. The molecular formula is C16H17ClN4. The van der Waals surface area contributed by atoms with Crippen LogP contribution in [0.15, 0.2) is 29.5 Å². The summed E-state index contributed by atoms with van der Waals surface area (Å²) in [6.07, 6.45) is 3.40. The minimum atomic E-state index is 0.394. The lowest BCUT2D eigenvalue weighted by Gasteiger charge is -2.20. The third-order valence-corrected chi connectivity index (χ3v) is 3.91. The summed E-state index contributed by atoms with van der Waals surface area (Å²) >= 11 is 6.23. The van der Waals surface area contributed by atoms with E-state index in [4.69, 9.17) is 16.6 Å². The molecule has 108 valence electrons. The predicted octanol–water partition coefficient (Wildman–Crippen LogP) is 4.44. The Bertz CT molecular complexity index is 724. The fourth-order valence-corrected chi connectivity index (χ4v) is 2.77. The van der Waals surface area contributed by atoms with E-state index in [9.17, 15) is 0 Å². The van der Waals surface area contributed by atoms with Gasteiger partial charge in [0, 0.05) is 12.6 Å². The van der Waals surface area contributed by atoms with Crippen LogP contribution in [-0.4, -0.2) is 22.7 Å². The Morgan fingerprint density at radius 3 is 2.81 bits per heavy atom. The number of anilines is 2. The summed E-state index contributed by atoms with van der Waals surface area (Å²) in [6.45, 7) is 4.24. The Balaban J connectivity index is 2.31. The summed E-state index contributed by atoms with van der Waals surface area (Å²) in [7, 11) is 1.99. The number of rotatable bonds is 2. The molecule has 0 aliphatic carbocycles. The van der Waals surface area contributed by atoms with Crippen LogP contribution in [0.2, 0.25) is 5.15 Å². The van der Waals surface area contributed by atoms with Crippen LogP contribution < -0.4 is 4.90 Å². The van der Waals surface area contributed by atoms with E-state index in [0.717, 1.165) is 35.6 Å². The van der Waals surface area contributed by atoms with E-state index < -0.39 is 0 Å². The molecule has 21 heavy (non-hydrogen) atoms. The zero-order chi connectivity index (χ0) is 15.0. The molecule has 2 aromatic rings. The third-order valence-electron chi connectivity index (χ3n) is 3.63. The Labute approximate surface area is 129 Å². The normalized spacial score (nSPS) is 13.3. The molecule has 4 nitrogen and oxygen atoms in total. The van der Waals surface area contributed by atoms with Crippen molar-refractivity contribution >= 4 is 34.5 Å². The van der Waals surface area contributed by atoms with Crippen LogP contribution in [0.4, 0.5) is 17.2 Å². The lowest BCUT2D eigenvalue weighted by molar-refractivity contribution is 0.992. The van der Waals surface area contributed by atoms with Crippen molar-refractivity contribution in [3.8, 4) is 0 Å². The van der Waals surface area contributed by atoms with Crippen LogP contribution >= 0.6 is 11.6 Å². The largest absolute Gasteiger partial charge is 0.327 e. The number of hydrogen-bond donors (Lipinski definition) is 0. The van der Waals surface area contributed by atoms with Crippen LogP contribution in [-0.2, 0) is 0 Å². The van der Waals surface area contributed by atoms with Crippen molar-refractivity contribution in [1.29, 1.82) is 0 Å². The fourth-order valence-electron chi connectivity index (χ4n) is 2.60. The lowest BCUT2D eigenvalue weighted by Crippen LogP contribution is -2.14. The summed E-state index contributed by atoms with van der Waals surface area (Å²) in [6, 6.07) is 6.39. The van der Waals surface area contributed by atoms with Gasteiger partial charge in [-0.3, -0.25) is 0 Å². The Kier molecular flexibility index (Phi) is 3.64. The first-order valence-electron chi connectivity index (χ1n) is 7.04. The van der Waals surface area contributed by atoms with Gasteiger partial charge in [0.25, 0.3) is 0 Å². The molecule has 2 heterocycles. The van der Waals surface area contributed by atoms with Gasteiger partial charge < -0.3 is 4.90 Å². The van der Waals surface area contributed by atoms with Gasteiger partial charge in [-0.2, -0.15) is 0 Å². The highest BCUT2D eigenvalue weighted by Crippen LogP contribution is 2.40. The minimum absolute atomic E-state index is 0.394. The second-order valence-electron chi connectivity index (χ2n) is 5.22. The Hall–Kier alpha value is -1.94. The fraction of sp³-hybridized carbons (Fsp3) is 0.312. The average Bonchev–Trinajstić information content (AvgIpc) is 2.58. The smallest absolute Gasteiger partial charge is 0.163 e. The van der Waals surface area contributed by atoms with E-state index in [1.807, 2.05) is 11.9 Å². The van der Waals surface area contributed by atoms with Crippen molar-refractivity contribution in [2.45, 2.75) is 26.7 Å². The molecule has 1 aliphatic rings. The predicted molar refractivity (Wildman–Crippen MR) is 87.4 cm³/mol. The van der Waals surface area contributed by atoms with Crippen molar-refractivity contribution in [3.63, 3.8) is 0 Å². The van der Waals surface area contributed by atoms with Crippen molar-refractivity contribution in [3.05, 3.63) is 40.8 Å². The van der Waals surface area contributed by atoms with E-state index in [1.54, 1.807) is 0 Å². The second-order valence-corrected chi connectivity index (χ2v) is 5.58. The molecule has 1 aromatic heterocycles. The van der Waals surface area contributed by atoms with Crippen LogP contribution in [0.5, 0.6) is 0 Å². The molecule has 0 amide bonds. The van der Waals surface area contributed by atoms with Crippen molar-refractivity contribution < 1.29 is 0 Å². The number of hydrogen-bond acceptors (Lipinski definition) is 4. The van der Waals surface area contributed by atoms with Crippen LogP contribution in [0.3, 0.4) is 0 Å². The summed E-state index contributed by atoms with van der Waals surface area (Å²) in [4.78, 5) is 15.2. The van der Waals surface area contributed by atoms with Gasteiger partial charge in [-0.05, 0) is 25.5 Å². The van der Waals surface area contributed by atoms with Gasteiger partial charge in [0.2, 0.25) is 0 Å². The van der Waals surface area contributed by atoms with E-state index in [1.165, 1.54) is 11.9 Å². The quantitative estimate of drug-likeness (QED) is 0.770. The van der Waals surface area contributed by atoms with Gasteiger partial charge in [-0.1, -0.05) is 36.6 Å². The number of halogens is 1. The molecule has 0 atom stereocenters. The summed E-state index contributed by atoms with van der Waals surface area (Å²) in [5.41, 5.74) is 5.15. The molecule has 0 saturated carbocycles. The number of aliphatic imine (C=N–C) groups is 1. The first-order chi connectivity index (χ1) is 10.1. The maximum Gasteiger partial charge on any atom is 0.163 e. The number of nitrogens with zero attached hydrogens (tertiary/aromatic N) is 4. The standard InChI is InChI=1S/C16H17ClN4/c1-4-5-12-11-8-10(2)6-7-13(11)21(3)16-14(20-12)15(17)18-9-19-16/h6-9H,4-5H2,1-3H3. The first kappa shape index (κ1) is 14.0. The molecular weight excluding hydrogens is 284 g/mol. The third kappa shape index (κ3) is 2.40. The zero-order valence-corrected chi connectivity index (χ0v) is 13.1. The molecule has 0 unspecified atom stereocenters. The molecule has 1 aliphatic heterocycles. The monoisotopic (exact) mass is 300 g/mol. The molecule has 0 N–H and O–H groups in total. The molecule has 0 bridgehead atoms. The summed E-state index contributed by atoms with van der Waals surface area (Å²) in [5, 5.41) is 0.394. The van der Waals surface area contributed by atoms with Crippen molar-refractivity contribution in [2.75, 3.05) is 11.9 Å². The van der Waals surface area contributed by atoms with Gasteiger partial charge in [-0.15, -0.1) is 0 Å². The van der Waals surface area contributed by atoms with Gasteiger partial charge in [0.05, 0.1) is 11.4 Å². The Morgan fingerprint density at radius 1 is 1.24 bits per heavy atom. The van der Waals surface area contributed by atoms with E-state index >= 15 is 0 Å². The zero-order valence-electron chi connectivity index (χ0n) is 12.4. The lowest BCUT2D eigenvalue weighted by atomic mass is 10.0. The van der Waals surface area contributed by atoms with E-state index in [-0.39, 0.29) is 0 Å². The molecule has 1 aromatic carbocycles. The number of aromatic nitrogens is 2. The maximum absolute atomic E-state index is 6.23. The summed E-state index contributed by atoms with van der Waals surface area (Å²) < 4.78 is 0. The summed E-state index contributed by atoms with van der Waals surface area (Å²) in [5.74, 6) is 0.742.